The quantitative estimate of drug-likeness (QED) is 0.0653. The van der Waals surface area contributed by atoms with Gasteiger partial charge in [-0.3, -0.25) is 28.8 Å². The molecule has 0 unspecified atom stereocenters. The number of nitrogens with one attached hydrogen (secondary N) is 2. The van der Waals surface area contributed by atoms with Crippen molar-refractivity contribution < 1.29 is 56.5 Å². The van der Waals surface area contributed by atoms with E-state index in [1.54, 1.807) is 133 Å². The molecule has 0 spiro atoms. The SMILES string of the molecule is COCCN(CCOC)C(=O)c1cc2c(cc1C(=O)NCCc1ccc(F)cc1)CN(C(=O)c1ccc3cc(C(=O)N4Cc5cc(C(=O)NCCc6ccc(F)cc6)c(C(=O)N(CCOC)CCOC)cc5C4)ccc3c1)C2. The van der Waals surface area contributed by atoms with Crippen molar-refractivity contribution in [3.8, 4) is 0 Å². The van der Waals surface area contributed by atoms with Gasteiger partial charge >= 0.3 is 0 Å². The van der Waals surface area contributed by atoms with Crippen LogP contribution in [0.15, 0.2) is 109 Å². The van der Waals surface area contributed by atoms with E-state index in [0.717, 1.165) is 44.2 Å². The third kappa shape index (κ3) is 13.6. The summed E-state index contributed by atoms with van der Waals surface area (Å²) in [4.78, 5) is 91.3. The Morgan fingerprint density at radius 1 is 0.449 bits per heavy atom. The standard InChI is InChI=1S/C60H64F2N6O10/c1-75-25-21-65(22-26-76-2)59(73)53-33-47-37-67(35-45(47)31-51(53)55(69)63-19-17-39-5-13-49(61)14-6-39)57(71)43-11-9-42-30-44(12-10-41(42)29-43)58(72)68-36-46-32-52(56(70)64-20-18-40-7-15-50(62)16-8-40)54(34-48(46)38-68)60(74)66(23-27-77-3)24-28-78-4/h5-16,29-34H,17-28,35-38H2,1-4H3,(H,63,69)(H,64,70). The fraction of sp³-hybridized carbons (Fsp3) is 0.333. The van der Waals surface area contributed by atoms with Crippen LogP contribution in [0.3, 0.4) is 0 Å². The van der Waals surface area contributed by atoms with E-state index in [9.17, 15) is 37.5 Å². The van der Waals surface area contributed by atoms with Gasteiger partial charge in [0.2, 0.25) is 0 Å². The summed E-state index contributed by atoms with van der Waals surface area (Å²) < 4.78 is 48.2. The van der Waals surface area contributed by atoms with Crippen LogP contribution in [0, 0.1) is 11.6 Å². The second kappa shape index (κ2) is 26.4. The zero-order valence-corrected chi connectivity index (χ0v) is 44.3. The summed E-state index contributed by atoms with van der Waals surface area (Å²) in [6.07, 6.45) is 0.883. The van der Waals surface area contributed by atoms with E-state index >= 15 is 0 Å². The fourth-order valence-electron chi connectivity index (χ4n) is 9.71. The molecule has 2 aliphatic rings. The number of fused-ring (bicyclic) bond motifs is 3. The molecule has 0 saturated heterocycles. The lowest BCUT2D eigenvalue weighted by Crippen LogP contribution is -2.38. The molecule has 16 nitrogen and oxygen atoms in total. The molecule has 0 fully saturated rings. The summed E-state index contributed by atoms with van der Waals surface area (Å²) in [7, 11) is 6.16. The first kappa shape index (κ1) is 56.3. The Kier molecular flexibility index (Phi) is 19.1. The molecule has 0 aliphatic carbocycles. The van der Waals surface area contributed by atoms with Crippen LogP contribution in [0.5, 0.6) is 0 Å². The molecular weight excluding hydrogens is 1000 g/mol. The number of hydrogen-bond donors (Lipinski definition) is 2. The van der Waals surface area contributed by atoms with Crippen LogP contribution in [0.2, 0.25) is 0 Å². The lowest BCUT2D eigenvalue weighted by atomic mass is 9.98. The molecule has 6 amide bonds. The Labute approximate surface area is 452 Å². The van der Waals surface area contributed by atoms with Gasteiger partial charge in [-0.25, -0.2) is 8.78 Å². The van der Waals surface area contributed by atoms with Crippen LogP contribution < -0.4 is 10.6 Å². The molecule has 2 heterocycles. The van der Waals surface area contributed by atoms with Gasteiger partial charge in [-0.15, -0.1) is 0 Å². The number of hydrogen-bond acceptors (Lipinski definition) is 10. The second-order valence-electron chi connectivity index (χ2n) is 19.3. The number of amides is 6. The highest BCUT2D eigenvalue weighted by Crippen LogP contribution is 2.32. The van der Waals surface area contributed by atoms with E-state index in [2.05, 4.69) is 10.6 Å². The number of benzene rings is 6. The lowest BCUT2D eigenvalue weighted by Gasteiger charge is -2.23. The lowest BCUT2D eigenvalue weighted by molar-refractivity contribution is 0.0620. The summed E-state index contributed by atoms with van der Waals surface area (Å²) >= 11 is 0. The van der Waals surface area contributed by atoms with E-state index in [4.69, 9.17) is 18.9 Å². The highest BCUT2D eigenvalue weighted by molar-refractivity contribution is 6.09. The summed E-state index contributed by atoms with van der Waals surface area (Å²) in [5, 5.41) is 7.29. The molecule has 78 heavy (non-hydrogen) atoms. The monoisotopic (exact) mass is 1070 g/mol. The first-order valence-corrected chi connectivity index (χ1v) is 25.8. The number of halogens is 2. The Balaban J connectivity index is 0.979. The zero-order valence-electron chi connectivity index (χ0n) is 44.3. The van der Waals surface area contributed by atoms with Crippen molar-refractivity contribution >= 4 is 46.2 Å². The van der Waals surface area contributed by atoms with Gasteiger partial charge < -0.3 is 49.2 Å². The first-order chi connectivity index (χ1) is 37.8. The summed E-state index contributed by atoms with van der Waals surface area (Å²) in [5.41, 5.74) is 6.11. The van der Waals surface area contributed by atoms with Crippen molar-refractivity contribution in [3.63, 3.8) is 0 Å². The van der Waals surface area contributed by atoms with Crippen LogP contribution in [0.4, 0.5) is 8.78 Å². The van der Waals surface area contributed by atoms with E-state index in [0.29, 0.717) is 24.0 Å². The Hall–Kier alpha value is -7.90. The van der Waals surface area contributed by atoms with Gasteiger partial charge in [0.1, 0.15) is 11.6 Å². The van der Waals surface area contributed by atoms with E-state index in [1.165, 1.54) is 24.3 Å². The predicted molar refractivity (Wildman–Crippen MR) is 288 cm³/mol. The largest absolute Gasteiger partial charge is 0.383 e. The number of carbonyl (C=O) groups excluding carboxylic acids is 6. The van der Waals surface area contributed by atoms with Crippen LogP contribution >= 0.6 is 0 Å². The van der Waals surface area contributed by atoms with Gasteiger partial charge in [0, 0.05) is 105 Å². The maximum absolute atomic E-state index is 14.3. The molecule has 8 rings (SSSR count). The minimum Gasteiger partial charge on any atom is -0.383 e. The van der Waals surface area contributed by atoms with Gasteiger partial charge in [-0.1, -0.05) is 36.4 Å². The van der Waals surface area contributed by atoms with Gasteiger partial charge in [-0.05, 0) is 130 Å². The van der Waals surface area contributed by atoms with E-state index in [1.807, 2.05) is 0 Å². The van der Waals surface area contributed by atoms with Gasteiger partial charge in [0.05, 0.1) is 48.7 Å². The van der Waals surface area contributed by atoms with Crippen molar-refractivity contribution in [3.05, 3.63) is 188 Å². The highest BCUT2D eigenvalue weighted by atomic mass is 19.1. The number of methoxy groups -OCH3 is 4. The van der Waals surface area contributed by atoms with Crippen molar-refractivity contribution in [2.24, 2.45) is 0 Å². The van der Waals surface area contributed by atoms with Crippen LogP contribution in [-0.4, -0.2) is 149 Å². The Bertz CT molecular complexity index is 2950. The first-order valence-electron chi connectivity index (χ1n) is 25.8. The Morgan fingerprint density at radius 2 is 0.769 bits per heavy atom. The number of nitrogens with zero attached hydrogens (tertiary/aromatic N) is 4. The van der Waals surface area contributed by atoms with Gasteiger partial charge in [-0.2, -0.15) is 0 Å². The molecule has 2 N–H and O–H groups in total. The number of ether oxygens (including phenoxy) is 4. The topological polar surface area (TPSA) is 176 Å². The number of carbonyl (C=O) groups is 6. The maximum Gasteiger partial charge on any atom is 0.254 e. The summed E-state index contributed by atoms with van der Waals surface area (Å²) in [6.45, 7) is 3.36. The van der Waals surface area contributed by atoms with Crippen molar-refractivity contribution in [2.45, 2.75) is 39.0 Å². The van der Waals surface area contributed by atoms with Crippen LogP contribution in [-0.2, 0) is 58.0 Å². The molecule has 6 aromatic rings. The van der Waals surface area contributed by atoms with E-state index in [-0.39, 0.29) is 149 Å². The number of rotatable bonds is 24. The molecule has 408 valence electrons. The van der Waals surface area contributed by atoms with Crippen molar-refractivity contribution in [1.82, 2.24) is 30.2 Å². The van der Waals surface area contributed by atoms with Crippen molar-refractivity contribution in [2.75, 3.05) is 94.1 Å². The average molecular weight is 1070 g/mol. The predicted octanol–water partition coefficient (Wildman–Crippen LogP) is 6.85. The molecule has 0 bridgehead atoms. The molecule has 0 radical (unpaired) electrons. The van der Waals surface area contributed by atoms with Crippen LogP contribution in [0.1, 0.15) is 95.5 Å². The molecular formula is C60H64F2N6O10. The smallest absolute Gasteiger partial charge is 0.254 e. The normalized spacial score (nSPS) is 12.6. The fourth-order valence-corrected chi connectivity index (χ4v) is 9.71. The van der Waals surface area contributed by atoms with Gasteiger partial charge in [0.25, 0.3) is 35.4 Å². The third-order valence-electron chi connectivity index (χ3n) is 14.0. The second-order valence-corrected chi connectivity index (χ2v) is 19.3. The molecule has 0 atom stereocenters. The summed E-state index contributed by atoms with van der Waals surface area (Å²) in [5.74, 6) is -2.92. The average Bonchev–Trinajstić information content (AvgIpc) is 4.23. The molecule has 2 aliphatic heterocycles. The molecule has 18 heteroatoms. The molecule has 0 aromatic heterocycles. The molecule has 6 aromatic carbocycles. The van der Waals surface area contributed by atoms with Gasteiger partial charge in [0.15, 0.2) is 0 Å². The minimum absolute atomic E-state index is 0.169. The molecule has 0 saturated carbocycles. The minimum atomic E-state index is -0.459. The zero-order chi connectivity index (χ0) is 55.3. The Morgan fingerprint density at radius 3 is 1.09 bits per heavy atom. The maximum atomic E-state index is 14.3. The highest BCUT2D eigenvalue weighted by Gasteiger charge is 2.32. The van der Waals surface area contributed by atoms with Crippen LogP contribution in [0.25, 0.3) is 10.8 Å². The summed E-state index contributed by atoms with van der Waals surface area (Å²) in [6, 6.07) is 29.3. The third-order valence-corrected chi connectivity index (χ3v) is 14.0. The van der Waals surface area contributed by atoms with Crippen molar-refractivity contribution in [1.29, 1.82) is 0 Å². The van der Waals surface area contributed by atoms with E-state index < -0.39 is 11.8 Å².